The summed E-state index contributed by atoms with van der Waals surface area (Å²) in [6.45, 7) is 12.5. The van der Waals surface area contributed by atoms with Crippen molar-refractivity contribution in [3.63, 3.8) is 0 Å². The summed E-state index contributed by atoms with van der Waals surface area (Å²) < 4.78 is 0. The Balaban J connectivity index is 0.000000381. The second-order valence-electron chi connectivity index (χ2n) is 11.2. The predicted molar refractivity (Wildman–Crippen MR) is 167 cm³/mol. The van der Waals surface area contributed by atoms with Crippen LogP contribution in [0.5, 0.6) is 11.5 Å². The zero-order valence-electron chi connectivity index (χ0n) is 24.7. The molecular weight excluding hydrogens is 528 g/mol. The molecule has 0 radical (unpaired) electrons. The molecule has 4 aromatic carbocycles. The first-order valence-corrected chi connectivity index (χ1v) is 12.8. The van der Waals surface area contributed by atoms with Gasteiger partial charge in [0.25, 0.3) is 0 Å². The molecule has 0 bridgehead atoms. The van der Waals surface area contributed by atoms with Crippen molar-refractivity contribution in [1.29, 1.82) is 0 Å². The first kappa shape index (κ1) is 34.6. The van der Waals surface area contributed by atoms with E-state index in [-0.39, 0.29) is 40.0 Å². The average Bonchev–Trinajstić information content (AvgIpc) is 2.88. The number of benzene rings is 4. The topological polar surface area (TPSA) is 65.2 Å². The Bertz CT molecular complexity index is 1280. The van der Waals surface area contributed by atoms with E-state index in [2.05, 4.69) is 51.5 Å². The van der Waals surface area contributed by atoms with Gasteiger partial charge >= 0.3 is 21.7 Å². The normalized spacial score (nSPS) is 11.3. The number of hydrogen-bond acceptors (Lipinski definition) is 4. The number of para-hydroxylation sites is 4. The molecule has 4 nitrogen and oxygen atoms in total. The van der Waals surface area contributed by atoms with Crippen LogP contribution in [0.15, 0.2) is 107 Å². The van der Waals surface area contributed by atoms with Crippen molar-refractivity contribution >= 4 is 23.8 Å². The molecule has 0 aliphatic rings. The van der Waals surface area contributed by atoms with Gasteiger partial charge in [0.05, 0.1) is 11.4 Å². The van der Waals surface area contributed by atoms with E-state index < -0.39 is 0 Å². The van der Waals surface area contributed by atoms with Crippen LogP contribution < -0.4 is 0 Å². The number of hydrogen-bond donors (Lipinski definition) is 2. The summed E-state index contributed by atoms with van der Waals surface area (Å²) >= 11 is 0. The largest absolute Gasteiger partial charge is 2.00 e. The summed E-state index contributed by atoms with van der Waals surface area (Å²) in [6, 6.07) is 31.0. The van der Waals surface area contributed by atoms with Gasteiger partial charge in [-0.15, -0.1) is 0 Å². The molecule has 0 spiro atoms. The van der Waals surface area contributed by atoms with Crippen LogP contribution in [0.1, 0.15) is 63.8 Å². The maximum atomic E-state index is 10.3. The van der Waals surface area contributed by atoms with Gasteiger partial charge in [-0.3, -0.25) is 9.98 Å². The van der Waals surface area contributed by atoms with Crippen LogP contribution in [0.4, 0.5) is 11.4 Å². The molecule has 0 saturated carbocycles. The van der Waals surface area contributed by atoms with Crippen molar-refractivity contribution in [3.8, 4) is 11.5 Å². The SMILES string of the molecule is CC(C)(C)c1cccc(C=Nc2ccccc2)c1O.CC(C)(C)c1cccc(C=Nc2ccccc2)c1O.[CH3-].[Ti+2]. The summed E-state index contributed by atoms with van der Waals surface area (Å²) in [4.78, 5) is 8.75. The van der Waals surface area contributed by atoms with Crippen LogP contribution in [0.3, 0.4) is 0 Å². The Morgan fingerprint density at radius 3 is 1.12 bits per heavy atom. The molecule has 0 aliphatic carbocycles. The number of aromatic hydroxyl groups is 2. The summed E-state index contributed by atoms with van der Waals surface area (Å²) in [5, 5.41) is 20.6. The first-order chi connectivity index (χ1) is 18.0. The van der Waals surface area contributed by atoms with Crippen LogP contribution in [-0.2, 0) is 32.5 Å². The maximum absolute atomic E-state index is 10.3. The van der Waals surface area contributed by atoms with E-state index in [1.54, 1.807) is 12.4 Å². The zero-order chi connectivity index (χ0) is 27.8. The molecule has 0 atom stereocenters. The van der Waals surface area contributed by atoms with E-state index in [9.17, 15) is 10.2 Å². The minimum absolute atomic E-state index is 0. The minimum atomic E-state index is -0.0827. The fourth-order valence-corrected chi connectivity index (χ4v) is 3.86. The molecule has 4 aromatic rings. The van der Waals surface area contributed by atoms with Crippen LogP contribution in [0.2, 0.25) is 0 Å². The summed E-state index contributed by atoms with van der Waals surface area (Å²) in [5.74, 6) is 0.629. The van der Waals surface area contributed by atoms with Gasteiger partial charge in [0.2, 0.25) is 0 Å². The summed E-state index contributed by atoms with van der Waals surface area (Å²) in [6.07, 6.45) is 3.42. The van der Waals surface area contributed by atoms with Crippen LogP contribution in [-0.4, -0.2) is 22.6 Å². The van der Waals surface area contributed by atoms with Crippen LogP contribution >= 0.6 is 0 Å². The molecule has 0 saturated heterocycles. The molecule has 0 unspecified atom stereocenters. The number of phenolic OH excluding ortho intramolecular Hbond substituents is 2. The average molecular weight is 570 g/mol. The molecule has 0 aromatic heterocycles. The molecule has 0 amide bonds. The zero-order valence-corrected chi connectivity index (χ0v) is 26.2. The number of nitrogens with zero attached hydrogens (tertiary/aromatic N) is 2. The van der Waals surface area contributed by atoms with Crippen LogP contribution in [0.25, 0.3) is 0 Å². The van der Waals surface area contributed by atoms with Gasteiger partial charge in [-0.25, -0.2) is 0 Å². The molecule has 0 fully saturated rings. The van der Waals surface area contributed by atoms with Gasteiger partial charge < -0.3 is 17.6 Å². The van der Waals surface area contributed by atoms with Crippen molar-refractivity contribution < 1.29 is 31.9 Å². The summed E-state index contributed by atoms with van der Waals surface area (Å²) in [5.41, 5.74) is 4.95. The summed E-state index contributed by atoms with van der Waals surface area (Å²) in [7, 11) is 0. The maximum Gasteiger partial charge on any atom is 2.00 e. The minimum Gasteiger partial charge on any atom is -0.507 e. The van der Waals surface area contributed by atoms with E-state index in [0.29, 0.717) is 11.5 Å². The molecule has 2 N–H and O–H groups in total. The molecule has 0 heterocycles. The van der Waals surface area contributed by atoms with E-state index in [1.165, 1.54) is 0 Å². The van der Waals surface area contributed by atoms with Crippen molar-refractivity contribution in [2.24, 2.45) is 9.98 Å². The van der Waals surface area contributed by atoms with Gasteiger partial charge in [-0.05, 0) is 58.4 Å². The smallest absolute Gasteiger partial charge is 0.507 e. The molecule has 40 heavy (non-hydrogen) atoms. The number of phenols is 2. The van der Waals surface area contributed by atoms with Crippen molar-refractivity contribution in [2.45, 2.75) is 52.4 Å². The Hall–Kier alpha value is -3.47. The Kier molecular flexibility index (Phi) is 13.3. The van der Waals surface area contributed by atoms with E-state index in [4.69, 9.17) is 0 Å². The van der Waals surface area contributed by atoms with Crippen molar-refractivity contribution in [1.82, 2.24) is 0 Å². The first-order valence-electron chi connectivity index (χ1n) is 12.8. The van der Waals surface area contributed by atoms with Crippen LogP contribution in [0, 0.1) is 7.43 Å². The van der Waals surface area contributed by atoms with E-state index in [1.807, 2.05) is 97.1 Å². The number of aliphatic imine (C=N–C) groups is 2. The molecule has 5 heteroatoms. The quantitative estimate of drug-likeness (QED) is 0.146. The van der Waals surface area contributed by atoms with E-state index >= 15 is 0 Å². The second kappa shape index (κ2) is 15.4. The Morgan fingerprint density at radius 1 is 0.500 bits per heavy atom. The molecule has 206 valence electrons. The Labute approximate surface area is 255 Å². The Morgan fingerprint density at radius 2 is 0.825 bits per heavy atom. The van der Waals surface area contributed by atoms with Gasteiger partial charge in [0.15, 0.2) is 0 Å². The van der Waals surface area contributed by atoms with E-state index in [0.717, 1.165) is 33.6 Å². The third-order valence-corrected chi connectivity index (χ3v) is 5.97. The number of rotatable bonds is 4. The molecule has 4 rings (SSSR count). The van der Waals surface area contributed by atoms with Crippen molar-refractivity contribution in [3.05, 3.63) is 127 Å². The fraction of sp³-hybridized carbons (Fsp3) is 0.229. The van der Waals surface area contributed by atoms with Gasteiger partial charge in [0.1, 0.15) is 11.5 Å². The standard InChI is InChI=1S/2C17H19NO.CH3.Ti/c2*1-17(2,3)15-11-7-8-13(16(15)19)12-18-14-9-5-4-6-10-14;;/h2*4-12,19H,1-3H3;1H3;/q;;-1;+2. The van der Waals surface area contributed by atoms with Gasteiger partial charge in [0, 0.05) is 23.6 Å². The van der Waals surface area contributed by atoms with Gasteiger partial charge in [-0.2, -0.15) is 0 Å². The molecule has 0 aliphatic heterocycles. The van der Waals surface area contributed by atoms with Crippen molar-refractivity contribution in [2.75, 3.05) is 0 Å². The third kappa shape index (κ3) is 9.93. The third-order valence-electron chi connectivity index (χ3n) is 5.97. The second-order valence-corrected chi connectivity index (χ2v) is 11.2. The fourth-order valence-electron chi connectivity index (χ4n) is 3.86. The monoisotopic (exact) mass is 569 g/mol. The van der Waals surface area contributed by atoms with Gasteiger partial charge in [-0.1, -0.05) is 102 Å². The predicted octanol–water partition coefficient (Wildman–Crippen LogP) is 9.33. The molecular formula is C35H41N2O2Ti+.